The third-order valence-corrected chi connectivity index (χ3v) is 3.96. The van der Waals surface area contributed by atoms with Crippen LogP contribution in [-0.4, -0.2) is 9.55 Å². The number of nitrogens with zero attached hydrogens (tertiary/aromatic N) is 1. The largest absolute Gasteiger partial charge is 0.364 e. The molecule has 1 aromatic heterocycles. The number of H-pyrrole nitrogens is 1. The van der Waals surface area contributed by atoms with Crippen molar-refractivity contribution in [3.05, 3.63) is 61.8 Å². The van der Waals surface area contributed by atoms with E-state index in [9.17, 15) is 18.4 Å². The Hall–Kier alpha value is -2.44. The highest BCUT2D eigenvalue weighted by Gasteiger charge is 2.26. The van der Waals surface area contributed by atoms with Crippen LogP contribution in [0.4, 0.5) is 14.6 Å². The van der Waals surface area contributed by atoms with Gasteiger partial charge in [0.2, 0.25) is 0 Å². The van der Waals surface area contributed by atoms with Crippen LogP contribution in [-0.2, 0) is 13.0 Å². The molecule has 0 saturated carbocycles. The van der Waals surface area contributed by atoms with Gasteiger partial charge in [-0.15, -0.1) is 0 Å². The fourth-order valence-corrected chi connectivity index (χ4v) is 2.81. The van der Waals surface area contributed by atoms with Gasteiger partial charge in [0, 0.05) is 12.1 Å². The smallest absolute Gasteiger partial charge is 0.329 e. The predicted molar refractivity (Wildman–Crippen MR) is 78.0 cm³/mol. The van der Waals surface area contributed by atoms with Crippen LogP contribution >= 0.6 is 0 Å². The number of anilines is 1. The molecule has 1 aliphatic heterocycles. The second kappa shape index (κ2) is 5.40. The number of hydrogen-bond acceptors (Lipinski definition) is 3. The number of rotatable bonds is 2. The topological polar surface area (TPSA) is 66.9 Å². The van der Waals surface area contributed by atoms with Gasteiger partial charge >= 0.3 is 5.69 Å². The number of benzene rings is 1. The molecule has 1 atom stereocenters. The maximum Gasteiger partial charge on any atom is 0.329 e. The first-order valence-corrected chi connectivity index (χ1v) is 7.09. The van der Waals surface area contributed by atoms with Gasteiger partial charge in [-0.3, -0.25) is 14.3 Å². The van der Waals surface area contributed by atoms with Crippen LogP contribution in [0.3, 0.4) is 0 Å². The van der Waals surface area contributed by atoms with Gasteiger partial charge in [-0.2, -0.15) is 0 Å². The third-order valence-electron chi connectivity index (χ3n) is 3.96. The molecule has 3 rings (SSSR count). The van der Waals surface area contributed by atoms with E-state index in [1.165, 1.54) is 12.1 Å². The first kappa shape index (κ1) is 14.5. The lowest BCUT2D eigenvalue weighted by Gasteiger charge is -2.27. The van der Waals surface area contributed by atoms with Crippen molar-refractivity contribution in [2.75, 3.05) is 5.32 Å². The van der Waals surface area contributed by atoms with Crippen LogP contribution in [0.5, 0.6) is 0 Å². The lowest BCUT2D eigenvalue weighted by atomic mass is 9.95. The average molecular weight is 307 g/mol. The fraction of sp³-hybridized carbons (Fsp3) is 0.333. The molecule has 2 heterocycles. The van der Waals surface area contributed by atoms with E-state index < -0.39 is 23.4 Å². The molecule has 0 unspecified atom stereocenters. The van der Waals surface area contributed by atoms with Crippen molar-refractivity contribution in [1.29, 1.82) is 0 Å². The minimum Gasteiger partial charge on any atom is -0.364 e. The second-order valence-electron chi connectivity index (χ2n) is 5.21. The summed E-state index contributed by atoms with van der Waals surface area (Å²) in [5, 5.41) is 2.94. The summed E-state index contributed by atoms with van der Waals surface area (Å²) in [5.41, 5.74) is -0.202. The molecule has 2 aromatic rings. The van der Waals surface area contributed by atoms with E-state index in [2.05, 4.69) is 10.3 Å². The Labute approximate surface area is 124 Å². The van der Waals surface area contributed by atoms with Crippen molar-refractivity contribution in [2.45, 2.75) is 32.4 Å². The molecule has 1 aromatic carbocycles. The van der Waals surface area contributed by atoms with Crippen molar-refractivity contribution < 1.29 is 8.78 Å². The van der Waals surface area contributed by atoms with Gasteiger partial charge in [0.15, 0.2) is 11.6 Å². The Bertz CT molecular complexity index is 842. The average Bonchev–Trinajstić information content (AvgIpc) is 2.50. The van der Waals surface area contributed by atoms with Crippen LogP contribution < -0.4 is 16.6 Å². The maximum atomic E-state index is 13.9. The van der Waals surface area contributed by atoms with E-state index in [1.54, 1.807) is 6.92 Å². The summed E-state index contributed by atoms with van der Waals surface area (Å²) >= 11 is 0. The van der Waals surface area contributed by atoms with Crippen LogP contribution in [0, 0.1) is 11.6 Å². The number of halogens is 2. The normalized spacial score (nSPS) is 17.0. The zero-order chi connectivity index (χ0) is 15.9. The molecule has 5 nitrogen and oxygen atoms in total. The summed E-state index contributed by atoms with van der Waals surface area (Å²) in [6.07, 6.45) is 0.830. The standard InChI is InChI=1S/C15H15F2N3O2/c1-2-20-14(21)9-6-7-11(18-13(9)19-15(20)22)8-4-3-5-10(16)12(8)17/h3-5,11,18H,2,6-7H2,1H3,(H,19,22)/t11-/m1/s1. The van der Waals surface area contributed by atoms with Crippen LogP contribution in [0.1, 0.15) is 30.5 Å². The number of aromatic nitrogens is 2. The molecule has 0 bridgehead atoms. The van der Waals surface area contributed by atoms with E-state index in [0.717, 1.165) is 10.6 Å². The van der Waals surface area contributed by atoms with E-state index in [1.807, 2.05) is 0 Å². The Morgan fingerprint density at radius 2 is 2.09 bits per heavy atom. The van der Waals surface area contributed by atoms with E-state index in [-0.39, 0.29) is 17.7 Å². The molecular formula is C15H15F2N3O2. The van der Waals surface area contributed by atoms with Gasteiger partial charge in [-0.05, 0) is 25.8 Å². The highest BCUT2D eigenvalue weighted by molar-refractivity contribution is 5.48. The summed E-state index contributed by atoms with van der Waals surface area (Å²) in [6, 6.07) is 3.49. The molecule has 1 aliphatic rings. The second-order valence-corrected chi connectivity index (χ2v) is 5.21. The minimum absolute atomic E-state index is 0.186. The number of aromatic amines is 1. The molecule has 0 fully saturated rings. The molecule has 0 aliphatic carbocycles. The van der Waals surface area contributed by atoms with E-state index in [4.69, 9.17) is 0 Å². The summed E-state index contributed by atoms with van der Waals surface area (Å²) in [6.45, 7) is 1.99. The minimum atomic E-state index is -0.917. The molecule has 22 heavy (non-hydrogen) atoms. The van der Waals surface area contributed by atoms with Gasteiger partial charge in [-0.25, -0.2) is 13.6 Å². The summed E-state index contributed by atoms with van der Waals surface area (Å²) in [7, 11) is 0. The molecule has 7 heteroatoms. The molecule has 0 amide bonds. The fourth-order valence-electron chi connectivity index (χ4n) is 2.81. The summed E-state index contributed by atoms with van der Waals surface area (Å²) in [4.78, 5) is 26.6. The lowest BCUT2D eigenvalue weighted by molar-refractivity contribution is 0.485. The number of fused-ring (bicyclic) bond motifs is 1. The van der Waals surface area contributed by atoms with Crippen LogP contribution in [0.15, 0.2) is 27.8 Å². The summed E-state index contributed by atoms with van der Waals surface area (Å²) in [5.74, 6) is -1.53. The number of hydrogen-bond donors (Lipinski definition) is 2. The van der Waals surface area contributed by atoms with Gasteiger partial charge in [-0.1, -0.05) is 12.1 Å². The van der Waals surface area contributed by atoms with Crippen LogP contribution in [0.2, 0.25) is 0 Å². The molecule has 2 N–H and O–H groups in total. The van der Waals surface area contributed by atoms with Crippen LogP contribution in [0.25, 0.3) is 0 Å². The predicted octanol–water partition coefficient (Wildman–Crippen LogP) is 1.93. The first-order chi connectivity index (χ1) is 10.5. The Morgan fingerprint density at radius 3 is 2.82 bits per heavy atom. The maximum absolute atomic E-state index is 13.9. The third kappa shape index (κ3) is 2.22. The van der Waals surface area contributed by atoms with Crippen molar-refractivity contribution in [3.8, 4) is 0 Å². The monoisotopic (exact) mass is 307 g/mol. The first-order valence-electron chi connectivity index (χ1n) is 7.09. The Kier molecular flexibility index (Phi) is 3.56. The van der Waals surface area contributed by atoms with Crippen molar-refractivity contribution in [3.63, 3.8) is 0 Å². The zero-order valence-corrected chi connectivity index (χ0v) is 12.0. The highest BCUT2D eigenvalue weighted by Crippen LogP contribution is 2.31. The van der Waals surface area contributed by atoms with Gasteiger partial charge in [0.1, 0.15) is 5.82 Å². The van der Waals surface area contributed by atoms with Gasteiger partial charge in [0.25, 0.3) is 5.56 Å². The van der Waals surface area contributed by atoms with Gasteiger partial charge in [0.05, 0.1) is 11.6 Å². The van der Waals surface area contributed by atoms with Crippen molar-refractivity contribution >= 4 is 5.82 Å². The van der Waals surface area contributed by atoms with E-state index in [0.29, 0.717) is 24.2 Å². The van der Waals surface area contributed by atoms with E-state index >= 15 is 0 Å². The number of nitrogens with one attached hydrogen (secondary N) is 2. The highest BCUT2D eigenvalue weighted by atomic mass is 19.2. The van der Waals surface area contributed by atoms with Crippen molar-refractivity contribution in [2.24, 2.45) is 0 Å². The quantitative estimate of drug-likeness (QED) is 0.891. The zero-order valence-electron chi connectivity index (χ0n) is 12.0. The molecule has 0 spiro atoms. The molecule has 0 radical (unpaired) electrons. The SMILES string of the molecule is CCn1c(=O)[nH]c2c(c1=O)CC[C@H](c1cccc(F)c1F)N2. The lowest BCUT2D eigenvalue weighted by Crippen LogP contribution is -2.39. The van der Waals surface area contributed by atoms with Gasteiger partial charge < -0.3 is 5.32 Å². The molecular weight excluding hydrogens is 292 g/mol. The Morgan fingerprint density at radius 1 is 1.32 bits per heavy atom. The Balaban J connectivity index is 2.03. The summed E-state index contributed by atoms with van der Waals surface area (Å²) < 4.78 is 28.3. The molecule has 116 valence electrons. The van der Waals surface area contributed by atoms with Crippen molar-refractivity contribution in [1.82, 2.24) is 9.55 Å². The molecule has 0 saturated heterocycles.